The van der Waals surface area contributed by atoms with Crippen LogP contribution in [0, 0.1) is 5.82 Å². The second-order valence-corrected chi connectivity index (χ2v) is 5.49. The lowest BCUT2D eigenvalue weighted by atomic mass is 10.3. The first kappa shape index (κ1) is 18.2. The number of hydrogen-bond donors (Lipinski definition) is 0. The van der Waals surface area contributed by atoms with Gasteiger partial charge in [-0.2, -0.15) is 0 Å². The summed E-state index contributed by atoms with van der Waals surface area (Å²) in [6, 6.07) is 5.54. The van der Waals surface area contributed by atoms with Gasteiger partial charge in [0.15, 0.2) is 6.61 Å². The lowest BCUT2D eigenvalue weighted by Gasteiger charge is -2.22. The van der Waals surface area contributed by atoms with Crippen molar-refractivity contribution in [2.75, 3.05) is 46.0 Å². The third-order valence-electron chi connectivity index (χ3n) is 3.81. The normalized spacial score (nSPS) is 15.1. The van der Waals surface area contributed by atoms with Crippen LogP contribution in [0.25, 0.3) is 0 Å². The van der Waals surface area contributed by atoms with Crippen molar-refractivity contribution in [2.45, 2.75) is 13.3 Å². The lowest BCUT2D eigenvalue weighted by molar-refractivity contribution is -0.137. The second kappa shape index (κ2) is 9.22. The largest absolute Gasteiger partial charge is 0.484 e. The number of carbonyl (C=O) groups excluding carboxylic acids is 2. The fraction of sp³-hybridized carbons (Fsp3) is 0.529. The van der Waals surface area contributed by atoms with Gasteiger partial charge >= 0.3 is 0 Å². The van der Waals surface area contributed by atoms with Crippen molar-refractivity contribution in [3.05, 3.63) is 30.1 Å². The molecule has 1 aromatic carbocycles. The third-order valence-corrected chi connectivity index (χ3v) is 3.81. The highest BCUT2D eigenvalue weighted by Gasteiger charge is 2.22. The minimum absolute atomic E-state index is 0.0475. The molecular formula is C17H23FN2O4. The molecule has 0 N–H and O–H groups in total. The average molecular weight is 338 g/mol. The van der Waals surface area contributed by atoms with Crippen LogP contribution >= 0.6 is 0 Å². The van der Waals surface area contributed by atoms with Crippen LogP contribution < -0.4 is 4.74 Å². The molecular weight excluding hydrogens is 315 g/mol. The number of rotatable bonds is 6. The number of halogens is 1. The molecule has 1 aliphatic heterocycles. The SMILES string of the molecule is CCOCC(=O)N1CCCN(C(=O)COc2ccc(F)cc2)CC1. The van der Waals surface area contributed by atoms with Gasteiger partial charge in [0.2, 0.25) is 5.91 Å². The van der Waals surface area contributed by atoms with Crippen molar-refractivity contribution >= 4 is 11.8 Å². The molecule has 0 unspecified atom stereocenters. The monoisotopic (exact) mass is 338 g/mol. The second-order valence-electron chi connectivity index (χ2n) is 5.49. The van der Waals surface area contributed by atoms with Crippen LogP contribution in [0.15, 0.2) is 24.3 Å². The van der Waals surface area contributed by atoms with Gasteiger partial charge in [0.05, 0.1) is 0 Å². The highest BCUT2D eigenvalue weighted by atomic mass is 19.1. The standard InChI is InChI=1S/C17H23FN2O4/c1-2-23-12-16(21)19-8-3-9-20(11-10-19)17(22)13-24-15-6-4-14(18)5-7-15/h4-7H,2-3,8-13H2,1H3. The average Bonchev–Trinajstić information content (AvgIpc) is 2.85. The molecule has 132 valence electrons. The minimum Gasteiger partial charge on any atom is -0.484 e. The number of ether oxygens (including phenoxy) is 2. The zero-order valence-electron chi connectivity index (χ0n) is 13.9. The topological polar surface area (TPSA) is 59.1 Å². The first-order chi connectivity index (χ1) is 11.6. The quantitative estimate of drug-likeness (QED) is 0.785. The summed E-state index contributed by atoms with van der Waals surface area (Å²) in [6.45, 7) is 4.51. The van der Waals surface area contributed by atoms with Crippen LogP contribution in [0.2, 0.25) is 0 Å². The molecule has 7 heteroatoms. The summed E-state index contributed by atoms with van der Waals surface area (Å²) < 4.78 is 23.4. The van der Waals surface area contributed by atoms with E-state index in [0.717, 1.165) is 6.42 Å². The minimum atomic E-state index is -0.349. The molecule has 6 nitrogen and oxygen atoms in total. The van der Waals surface area contributed by atoms with Crippen molar-refractivity contribution in [2.24, 2.45) is 0 Å². The molecule has 0 saturated carbocycles. The molecule has 1 aromatic rings. The molecule has 1 aliphatic rings. The number of carbonyl (C=O) groups is 2. The predicted octanol–water partition coefficient (Wildman–Crippen LogP) is 1.30. The Kier molecular flexibility index (Phi) is 6.99. The number of benzene rings is 1. The van der Waals surface area contributed by atoms with Gasteiger partial charge in [-0.3, -0.25) is 9.59 Å². The summed E-state index contributed by atoms with van der Waals surface area (Å²) in [6.07, 6.45) is 0.722. The van der Waals surface area contributed by atoms with Gasteiger partial charge in [0.25, 0.3) is 5.91 Å². The fourth-order valence-electron chi connectivity index (χ4n) is 2.46. The van der Waals surface area contributed by atoms with Gasteiger partial charge in [-0.1, -0.05) is 0 Å². The lowest BCUT2D eigenvalue weighted by Crippen LogP contribution is -2.40. The number of amides is 2. The Morgan fingerprint density at radius 2 is 1.58 bits per heavy atom. The summed E-state index contributed by atoms with van der Waals surface area (Å²) in [5.41, 5.74) is 0. The Bertz CT molecular complexity index is 550. The maximum absolute atomic E-state index is 12.8. The van der Waals surface area contributed by atoms with Crippen molar-refractivity contribution in [1.29, 1.82) is 0 Å². The Balaban J connectivity index is 1.78. The molecule has 0 atom stereocenters. The molecule has 0 radical (unpaired) electrons. The molecule has 0 aliphatic carbocycles. The van der Waals surface area contributed by atoms with Crippen molar-refractivity contribution < 1.29 is 23.5 Å². The number of hydrogen-bond acceptors (Lipinski definition) is 4. The molecule has 1 saturated heterocycles. The van der Waals surface area contributed by atoms with Crippen LogP contribution in [0.3, 0.4) is 0 Å². The van der Waals surface area contributed by atoms with E-state index < -0.39 is 0 Å². The van der Waals surface area contributed by atoms with Gasteiger partial charge in [-0.15, -0.1) is 0 Å². The highest BCUT2D eigenvalue weighted by molar-refractivity contribution is 5.79. The van der Waals surface area contributed by atoms with E-state index in [9.17, 15) is 14.0 Å². The predicted molar refractivity (Wildman–Crippen MR) is 86.2 cm³/mol. The summed E-state index contributed by atoms with van der Waals surface area (Å²) >= 11 is 0. The Morgan fingerprint density at radius 3 is 2.17 bits per heavy atom. The van der Waals surface area contributed by atoms with Crippen LogP contribution in [0.5, 0.6) is 5.75 Å². The molecule has 0 aromatic heterocycles. The zero-order valence-corrected chi connectivity index (χ0v) is 13.9. The third kappa shape index (κ3) is 5.49. The molecule has 0 bridgehead atoms. The van der Waals surface area contributed by atoms with E-state index in [0.29, 0.717) is 38.5 Å². The van der Waals surface area contributed by atoms with Crippen molar-refractivity contribution in [1.82, 2.24) is 9.80 Å². The molecule has 1 fully saturated rings. The summed E-state index contributed by atoms with van der Waals surface area (Å²) in [5, 5.41) is 0. The van der Waals surface area contributed by atoms with Crippen LogP contribution in [-0.2, 0) is 14.3 Å². The van der Waals surface area contributed by atoms with Crippen LogP contribution in [0.1, 0.15) is 13.3 Å². The smallest absolute Gasteiger partial charge is 0.260 e. The van der Waals surface area contributed by atoms with Crippen LogP contribution in [0.4, 0.5) is 4.39 Å². The highest BCUT2D eigenvalue weighted by Crippen LogP contribution is 2.11. The fourth-order valence-corrected chi connectivity index (χ4v) is 2.46. The van der Waals surface area contributed by atoms with Gasteiger partial charge in [0, 0.05) is 32.8 Å². The maximum atomic E-state index is 12.8. The molecule has 2 rings (SSSR count). The Morgan fingerprint density at radius 1 is 1.00 bits per heavy atom. The first-order valence-corrected chi connectivity index (χ1v) is 8.12. The van der Waals surface area contributed by atoms with Crippen molar-refractivity contribution in [3.8, 4) is 5.75 Å². The van der Waals surface area contributed by atoms with Crippen molar-refractivity contribution in [3.63, 3.8) is 0 Å². The first-order valence-electron chi connectivity index (χ1n) is 8.12. The van der Waals surface area contributed by atoms with E-state index in [2.05, 4.69) is 0 Å². The number of nitrogens with zero attached hydrogens (tertiary/aromatic N) is 2. The van der Waals surface area contributed by atoms with Gasteiger partial charge in [0.1, 0.15) is 18.2 Å². The van der Waals surface area contributed by atoms with E-state index >= 15 is 0 Å². The molecule has 0 spiro atoms. The van der Waals surface area contributed by atoms with E-state index in [4.69, 9.17) is 9.47 Å². The van der Waals surface area contributed by atoms with E-state index in [1.54, 1.807) is 9.80 Å². The summed E-state index contributed by atoms with van der Waals surface area (Å²) in [7, 11) is 0. The van der Waals surface area contributed by atoms with E-state index in [-0.39, 0.29) is 30.8 Å². The van der Waals surface area contributed by atoms with Gasteiger partial charge < -0.3 is 19.3 Å². The van der Waals surface area contributed by atoms with Crippen LogP contribution in [-0.4, -0.2) is 67.6 Å². The Hall–Kier alpha value is -2.15. The Labute approximate surface area is 141 Å². The van der Waals surface area contributed by atoms with Gasteiger partial charge in [-0.25, -0.2) is 4.39 Å². The molecule has 1 heterocycles. The molecule has 24 heavy (non-hydrogen) atoms. The molecule has 2 amide bonds. The zero-order chi connectivity index (χ0) is 17.4. The summed E-state index contributed by atoms with van der Waals surface area (Å²) in [5.74, 6) is -0.0850. The summed E-state index contributed by atoms with van der Waals surface area (Å²) in [4.78, 5) is 27.6. The van der Waals surface area contributed by atoms with E-state index in [1.807, 2.05) is 6.92 Å². The maximum Gasteiger partial charge on any atom is 0.260 e. The van der Waals surface area contributed by atoms with E-state index in [1.165, 1.54) is 24.3 Å². The van der Waals surface area contributed by atoms with Gasteiger partial charge in [-0.05, 0) is 37.6 Å².